The Hall–Kier alpha value is -2.52. The summed E-state index contributed by atoms with van der Waals surface area (Å²) >= 11 is 5.99. The molecule has 1 aliphatic rings. The van der Waals surface area contributed by atoms with Crippen molar-refractivity contribution < 1.29 is 31.5 Å². The molecule has 0 saturated carbocycles. The Balaban J connectivity index is 1.80. The van der Waals surface area contributed by atoms with Crippen LogP contribution < -0.4 is 0 Å². The van der Waals surface area contributed by atoms with Crippen molar-refractivity contribution in [1.29, 1.82) is 0 Å². The van der Waals surface area contributed by atoms with Gasteiger partial charge in [-0.25, -0.2) is 26.4 Å². The van der Waals surface area contributed by atoms with Gasteiger partial charge in [-0.1, -0.05) is 11.6 Å². The van der Waals surface area contributed by atoms with E-state index in [1.54, 1.807) is 18.2 Å². The standard InChI is InChI=1S/C19H13ClF3NO4S/c20-10-1-4-16-13(7-10)12-5-9(6-17(12)24-16)19(23,18(25)26)29(27,28)11-2-3-14(21)15(22)8-11/h1-4,7-9,24H,5-6H2,(H,25,26). The normalized spacial score (nSPS) is 18.6. The van der Waals surface area contributed by atoms with Gasteiger partial charge >= 0.3 is 11.0 Å². The number of fused-ring (bicyclic) bond motifs is 3. The fourth-order valence-electron chi connectivity index (χ4n) is 3.84. The highest BCUT2D eigenvalue weighted by Gasteiger charge is 2.60. The van der Waals surface area contributed by atoms with Gasteiger partial charge < -0.3 is 10.1 Å². The van der Waals surface area contributed by atoms with Crippen LogP contribution in [0.3, 0.4) is 0 Å². The van der Waals surface area contributed by atoms with Crippen molar-refractivity contribution in [3.8, 4) is 0 Å². The summed E-state index contributed by atoms with van der Waals surface area (Å²) in [5, 5.41) is 6.86. The fraction of sp³-hybridized carbons (Fsp3) is 0.211. The number of carboxylic acid groups (broad SMARTS) is 1. The predicted molar refractivity (Wildman–Crippen MR) is 99.2 cm³/mol. The summed E-state index contributed by atoms with van der Waals surface area (Å²) in [6.07, 6.45) is -0.366. The number of alkyl halides is 1. The van der Waals surface area contributed by atoms with E-state index in [2.05, 4.69) is 4.98 Å². The van der Waals surface area contributed by atoms with Crippen LogP contribution in [-0.2, 0) is 27.5 Å². The molecule has 2 aromatic carbocycles. The van der Waals surface area contributed by atoms with Crippen LogP contribution in [-0.4, -0.2) is 29.5 Å². The Morgan fingerprint density at radius 2 is 1.86 bits per heavy atom. The summed E-state index contributed by atoms with van der Waals surface area (Å²) in [6.45, 7) is 0. The smallest absolute Gasteiger partial charge is 0.358 e. The summed E-state index contributed by atoms with van der Waals surface area (Å²) < 4.78 is 68.2. The molecule has 152 valence electrons. The number of aromatic amines is 1. The molecular formula is C19H13ClF3NO4S. The minimum atomic E-state index is -5.19. The SMILES string of the molecule is O=C(O)C(F)(C1Cc2[nH]c3ccc(Cl)cc3c2C1)S(=O)(=O)c1ccc(F)c(F)c1. The number of aromatic nitrogens is 1. The van der Waals surface area contributed by atoms with Gasteiger partial charge in [0, 0.05) is 27.5 Å². The van der Waals surface area contributed by atoms with Gasteiger partial charge in [-0.15, -0.1) is 0 Å². The largest absolute Gasteiger partial charge is 0.478 e. The van der Waals surface area contributed by atoms with E-state index in [1.165, 1.54) is 0 Å². The molecule has 2 N–H and O–H groups in total. The topological polar surface area (TPSA) is 87.2 Å². The molecule has 10 heteroatoms. The van der Waals surface area contributed by atoms with E-state index >= 15 is 4.39 Å². The zero-order valence-corrected chi connectivity index (χ0v) is 16.1. The molecule has 2 atom stereocenters. The molecule has 0 saturated heterocycles. The second kappa shape index (κ2) is 6.50. The Kier molecular flexibility index (Phi) is 4.43. The van der Waals surface area contributed by atoms with Gasteiger partial charge in [0.2, 0.25) is 9.84 Å². The second-order valence-corrected chi connectivity index (χ2v) is 9.42. The minimum Gasteiger partial charge on any atom is -0.478 e. The van der Waals surface area contributed by atoms with Crippen molar-refractivity contribution >= 4 is 38.3 Å². The molecule has 1 aromatic heterocycles. The number of nitrogens with one attached hydrogen (secondary N) is 1. The maximum atomic E-state index is 15.8. The average molecular weight is 444 g/mol. The molecule has 0 radical (unpaired) electrons. The third-order valence-corrected chi connectivity index (χ3v) is 7.67. The highest BCUT2D eigenvalue weighted by Crippen LogP contribution is 2.44. The van der Waals surface area contributed by atoms with Gasteiger partial charge in [-0.3, -0.25) is 0 Å². The van der Waals surface area contributed by atoms with Crippen molar-refractivity contribution in [3.05, 3.63) is 64.3 Å². The lowest BCUT2D eigenvalue weighted by Gasteiger charge is -2.27. The number of halogens is 4. The first-order chi connectivity index (χ1) is 13.6. The Bertz CT molecular complexity index is 1270. The first kappa shape index (κ1) is 19.8. The van der Waals surface area contributed by atoms with Gasteiger partial charge in [0.25, 0.3) is 0 Å². The van der Waals surface area contributed by atoms with Crippen molar-refractivity contribution in [2.75, 3.05) is 0 Å². The monoisotopic (exact) mass is 443 g/mol. The molecule has 4 rings (SSSR count). The molecule has 3 aromatic rings. The minimum absolute atomic E-state index is 0.179. The molecule has 29 heavy (non-hydrogen) atoms. The number of sulfone groups is 1. The molecule has 0 spiro atoms. The number of rotatable bonds is 4. The van der Waals surface area contributed by atoms with Crippen molar-refractivity contribution in [1.82, 2.24) is 4.98 Å². The number of hydrogen-bond donors (Lipinski definition) is 2. The maximum absolute atomic E-state index is 15.8. The third-order valence-electron chi connectivity index (χ3n) is 5.27. The number of carbonyl (C=O) groups is 1. The van der Waals surface area contributed by atoms with Crippen LogP contribution in [0.25, 0.3) is 10.9 Å². The van der Waals surface area contributed by atoms with Gasteiger partial charge in [0.15, 0.2) is 11.6 Å². The maximum Gasteiger partial charge on any atom is 0.358 e. The van der Waals surface area contributed by atoms with Crippen LogP contribution in [0.1, 0.15) is 11.3 Å². The number of H-pyrrole nitrogens is 1. The highest BCUT2D eigenvalue weighted by molar-refractivity contribution is 7.93. The van der Waals surface area contributed by atoms with Crippen molar-refractivity contribution in [3.63, 3.8) is 0 Å². The van der Waals surface area contributed by atoms with E-state index in [-0.39, 0.29) is 18.9 Å². The van der Waals surface area contributed by atoms with Crippen LogP contribution in [0.4, 0.5) is 13.2 Å². The fourth-order valence-corrected chi connectivity index (χ4v) is 5.69. The van der Waals surface area contributed by atoms with E-state index in [4.69, 9.17) is 11.6 Å². The zero-order valence-electron chi connectivity index (χ0n) is 14.5. The Morgan fingerprint density at radius 3 is 2.52 bits per heavy atom. The lowest BCUT2D eigenvalue weighted by Crippen LogP contribution is -2.49. The van der Waals surface area contributed by atoms with E-state index in [1.807, 2.05) is 0 Å². The number of hydrogen-bond acceptors (Lipinski definition) is 3. The summed E-state index contributed by atoms with van der Waals surface area (Å²) in [5.74, 6) is -6.53. The van der Waals surface area contributed by atoms with Crippen LogP contribution in [0.2, 0.25) is 5.02 Å². The van der Waals surface area contributed by atoms with Crippen LogP contribution in [0.15, 0.2) is 41.3 Å². The van der Waals surface area contributed by atoms with Crippen molar-refractivity contribution in [2.45, 2.75) is 22.7 Å². The van der Waals surface area contributed by atoms with E-state index in [0.717, 1.165) is 0 Å². The molecule has 0 fully saturated rings. The molecule has 0 aliphatic heterocycles. The van der Waals surface area contributed by atoms with Gasteiger partial charge in [-0.2, -0.15) is 0 Å². The van der Waals surface area contributed by atoms with Crippen LogP contribution in [0.5, 0.6) is 0 Å². The average Bonchev–Trinajstić information content (AvgIpc) is 3.21. The van der Waals surface area contributed by atoms with E-state index in [0.29, 0.717) is 39.3 Å². The highest BCUT2D eigenvalue weighted by atomic mass is 35.5. The van der Waals surface area contributed by atoms with Crippen LogP contribution in [0, 0.1) is 17.6 Å². The zero-order chi connectivity index (χ0) is 21.1. The first-order valence-electron chi connectivity index (χ1n) is 8.46. The molecule has 0 amide bonds. The van der Waals surface area contributed by atoms with Gasteiger partial charge in [-0.05, 0) is 54.8 Å². The number of benzene rings is 2. The molecule has 1 aliphatic carbocycles. The van der Waals surface area contributed by atoms with E-state index < -0.39 is 43.3 Å². The molecule has 5 nitrogen and oxygen atoms in total. The summed E-state index contributed by atoms with van der Waals surface area (Å²) in [4.78, 5) is 13.9. The lowest BCUT2D eigenvalue weighted by atomic mass is 9.99. The number of carboxylic acids is 1. The summed E-state index contributed by atoms with van der Waals surface area (Å²) in [5.41, 5.74) is 1.80. The quantitative estimate of drug-likeness (QED) is 0.596. The third kappa shape index (κ3) is 2.83. The lowest BCUT2D eigenvalue weighted by molar-refractivity contribution is -0.147. The molecular weight excluding hydrogens is 431 g/mol. The van der Waals surface area contributed by atoms with Gasteiger partial charge in [0.05, 0.1) is 4.90 Å². The molecule has 0 bridgehead atoms. The summed E-state index contributed by atoms with van der Waals surface area (Å²) in [6, 6.07) is 6.43. The van der Waals surface area contributed by atoms with Crippen LogP contribution >= 0.6 is 11.6 Å². The number of aliphatic carboxylic acids is 1. The van der Waals surface area contributed by atoms with Crippen molar-refractivity contribution in [2.24, 2.45) is 5.92 Å². The Morgan fingerprint density at radius 1 is 1.14 bits per heavy atom. The molecule has 1 heterocycles. The second-order valence-electron chi connectivity index (χ2n) is 6.91. The van der Waals surface area contributed by atoms with E-state index in [9.17, 15) is 27.1 Å². The van der Waals surface area contributed by atoms with Gasteiger partial charge in [0.1, 0.15) is 0 Å². The first-order valence-corrected chi connectivity index (χ1v) is 10.3. The Labute approximate surface area is 168 Å². The molecule has 2 unspecified atom stereocenters. The predicted octanol–water partition coefficient (Wildman–Crippen LogP) is 4.04. The summed E-state index contributed by atoms with van der Waals surface area (Å²) in [7, 11) is -5.19.